The summed E-state index contributed by atoms with van der Waals surface area (Å²) in [5, 5.41) is 3.31. The van der Waals surface area contributed by atoms with E-state index >= 15 is 0 Å². The highest BCUT2D eigenvalue weighted by Crippen LogP contribution is 2.38. The Bertz CT molecular complexity index is 237. The molecule has 3 nitrogen and oxygen atoms in total. The van der Waals surface area contributed by atoms with Crippen LogP contribution in [0.1, 0.15) is 33.6 Å². The Kier molecular flexibility index (Phi) is 1.88. The highest BCUT2D eigenvalue weighted by Gasteiger charge is 2.51. The summed E-state index contributed by atoms with van der Waals surface area (Å²) in [5.74, 6) is 0.290. The van der Waals surface area contributed by atoms with E-state index in [-0.39, 0.29) is 17.6 Å². The van der Waals surface area contributed by atoms with E-state index in [4.69, 9.17) is 4.74 Å². The summed E-state index contributed by atoms with van der Waals surface area (Å²) in [7, 11) is 0. The molecule has 2 fully saturated rings. The van der Waals surface area contributed by atoms with E-state index in [9.17, 15) is 4.79 Å². The zero-order chi connectivity index (χ0) is 9.64. The molecule has 0 bridgehead atoms. The van der Waals surface area contributed by atoms with Crippen molar-refractivity contribution in [2.45, 2.75) is 51.3 Å². The van der Waals surface area contributed by atoms with Crippen molar-refractivity contribution >= 4 is 5.97 Å². The Morgan fingerprint density at radius 2 is 2.15 bits per heavy atom. The summed E-state index contributed by atoms with van der Waals surface area (Å²) in [6.45, 7) is 6.13. The smallest absolute Gasteiger partial charge is 0.324 e. The first kappa shape index (κ1) is 9.00. The average molecular weight is 183 g/mol. The van der Waals surface area contributed by atoms with E-state index in [1.54, 1.807) is 0 Å². The van der Waals surface area contributed by atoms with Gasteiger partial charge in [-0.2, -0.15) is 0 Å². The van der Waals surface area contributed by atoms with Crippen molar-refractivity contribution in [2.75, 3.05) is 0 Å². The zero-order valence-corrected chi connectivity index (χ0v) is 8.46. The molecule has 2 heterocycles. The van der Waals surface area contributed by atoms with E-state index in [1.165, 1.54) is 0 Å². The standard InChI is InChI=1S/C10H17NO2/c1-6-4-5-7-8(11-6)9(12)13-10(7,2)3/h6-8,11H,4-5H2,1-3H3/t6?,7-,8+/m0/s1. The number of hydrogen-bond donors (Lipinski definition) is 1. The van der Waals surface area contributed by atoms with Gasteiger partial charge in [0.1, 0.15) is 11.6 Å². The molecular formula is C10H17NO2. The summed E-state index contributed by atoms with van der Waals surface area (Å²) in [6.07, 6.45) is 2.23. The number of piperidine rings is 1. The molecule has 2 aliphatic heterocycles. The lowest BCUT2D eigenvalue weighted by molar-refractivity contribution is -0.147. The lowest BCUT2D eigenvalue weighted by atomic mass is 9.80. The molecular weight excluding hydrogens is 166 g/mol. The zero-order valence-electron chi connectivity index (χ0n) is 8.46. The van der Waals surface area contributed by atoms with Gasteiger partial charge in [0.05, 0.1) is 0 Å². The van der Waals surface area contributed by atoms with Crippen LogP contribution in [-0.2, 0) is 9.53 Å². The maximum atomic E-state index is 11.5. The normalized spacial score (nSPS) is 42.7. The third-order valence-corrected chi connectivity index (χ3v) is 3.29. The predicted molar refractivity (Wildman–Crippen MR) is 49.3 cm³/mol. The van der Waals surface area contributed by atoms with Crippen molar-refractivity contribution in [2.24, 2.45) is 5.92 Å². The molecule has 0 saturated carbocycles. The second-order valence-corrected chi connectivity index (χ2v) is 4.75. The minimum atomic E-state index is -0.269. The van der Waals surface area contributed by atoms with Gasteiger partial charge in [-0.1, -0.05) is 0 Å². The van der Waals surface area contributed by atoms with Crippen molar-refractivity contribution in [1.82, 2.24) is 5.32 Å². The van der Waals surface area contributed by atoms with E-state index in [1.807, 2.05) is 13.8 Å². The Morgan fingerprint density at radius 1 is 1.46 bits per heavy atom. The van der Waals surface area contributed by atoms with Crippen LogP contribution in [0.4, 0.5) is 0 Å². The van der Waals surface area contributed by atoms with Crippen LogP contribution >= 0.6 is 0 Å². The lowest BCUT2D eigenvalue weighted by Crippen LogP contribution is -2.49. The first-order valence-corrected chi connectivity index (χ1v) is 4.99. The molecule has 0 aliphatic carbocycles. The average Bonchev–Trinajstić information content (AvgIpc) is 2.22. The highest BCUT2D eigenvalue weighted by atomic mass is 16.6. The fraction of sp³-hybridized carbons (Fsp3) is 0.900. The maximum absolute atomic E-state index is 11.5. The van der Waals surface area contributed by atoms with E-state index in [0.29, 0.717) is 12.0 Å². The van der Waals surface area contributed by atoms with Crippen LogP contribution in [0.25, 0.3) is 0 Å². The van der Waals surface area contributed by atoms with Crippen LogP contribution in [0.15, 0.2) is 0 Å². The lowest BCUT2D eigenvalue weighted by Gasteiger charge is -2.33. The Balaban J connectivity index is 2.20. The SMILES string of the molecule is CC1CC[C@H]2[C@@H](N1)C(=O)OC2(C)C. The van der Waals surface area contributed by atoms with Crippen molar-refractivity contribution in [3.8, 4) is 0 Å². The molecule has 13 heavy (non-hydrogen) atoms. The fourth-order valence-electron chi connectivity index (χ4n) is 2.48. The minimum absolute atomic E-state index is 0.0567. The number of carbonyl (C=O) groups is 1. The largest absolute Gasteiger partial charge is 0.458 e. The maximum Gasteiger partial charge on any atom is 0.324 e. The second-order valence-electron chi connectivity index (χ2n) is 4.75. The highest BCUT2D eigenvalue weighted by molar-refractivity contribution is 5.79. The van der Waals surface area contributed by atoms with Gasteiger partial charge in [0.15, 0.2) is 0 Å². The number of ether oxygens (including phenoxy) is 1. The van der Waals surface area contributed by atoms with Gasteiger partial charge in [-0.25, -0.2) is 0 Å². The van der Waals surface area contributed by atoms with Crippen molar-refractivity contribution in [3.63, 3.8) is 0 Å². The quantitative estimate of drug-likeness (QED) is 0.571. The summed E-state index contributed by atoms with van der Waals surface area (Å²) < 4.78 is 5.34. The third-order valence-electron chi connectivity index (χ3n) is 3.29. The van der Waals surface area contributed by atoms with E-state index in [0.717, 1.165) is 12.8 Å². The molecule has 2 rings (SSSR count). The van der Waals surface area contributed by atoms with Gasteiger partial charge in [0.25, 0.3) is 0 Å². The fourth-order valence-corrected chi connectivity index (χ4v) is 2.48. The van der Waals surface area contributed by atoms with Gasteiger partial charge >= 0.3 is 5.97 Å². The topological polar surface area (TPSA) is 38.3 Å². The van der Waals surface area contributed by atoms with Crippen LogP contribution in [0.5, 0.6) is 0 Å². The number of fused-ring (bicyclic) bond motifs is 1. The molecule has 0 aromatic heterocycles. The second kappa shape index (κ2) is 2.71. The third kappa shape index (κ3) is 1.35. The van der Waals surface area contributed by atoms with Gasteiger partial charge in [0.2, 0.25) is 0 Å². The monoisotopic (exact) mass is 183 g/mol. The molecule has 1 unspecified atom stereocenters. The van der Waals surface area contributed by atoms with Crippen LogP contribution < -0.4 is 5.32 Å². The number of nitrogens with one attached hydrogen (secondary N) is 1. The van der Waals surface area contributed by atoms with Gasteiger partial charge in [-0.15, -0.1) is 0 Å². The molecule has 0 spiro atoms. The number of rotatable bonds is 0. The molecule has 1 N–H and O–H groups in total. The summed E-state index contributed by atoms with van der Waals surface area (Å²) >= 11 is 0. The van der Waals surface area contributed by atoms with E-state index < -0.39 is 0 Å². The van der Waals surface area contributed by atoms with Crippen LogP contribution in [-0.4, -0.2) is 23.7 Å². The van der Waals surface area contributed by atoms with Gasteiger partial charge < -0.3 is 10.1 Å². The number of hydrogen-bond acceptors (Lipinski definition) is 3. The first-order chi connectivity index (χ1) is 6.00. The van der Waals surface area contributed by atoms with Gasteiger partial charge in [-0.3, -0.25) is 4.79 Å². The predicted octanol–water partition coefficient (Wildman–Crippen LogP) is 1.08. The molecule has 0 radical (unpaired) electrons. The Hall–Kier alpha value is -0.570. The van der Waals surface area contributed by atoms with Crippen LogP contribution in [0.3, 0.4) is 0 Å². The molecule has 3 heteroatoms. The molecule has 74 valence electrons. The van der Waals surface area contributed by atoms with Crippen molar-refractivity contribution < 1.29 is 9.53 Å². The van der Waals surface area contributed by atoms with Gasteiger partial charge in [-0.05, 0) is 33.6 Å². The van der Waals surface area contributed by atoms with Crippen molar-refractivity contribution in [3.05, 3.63) is 0 Å². The summed E-state index contributed by atoms with van der Waals surface area (Å²) in [5.41, 5.74) is -0.269. The Labute approximate surface area is 78.8 Å². The van der Waals surface area contributed by atoms with Crippen LogP contribution in [0, 0.1) is 5.92 Å². The first-order valence-electron chi connectivity index (χ1n) is 4.99. The molecule has 0 amide bonds. The molecule has 0 aromatic rings. The van der Waals surface area contributed by atoms with E-state index in [2.05, 4.69) is 12.2 Å². The minimum Gasteiger partial charge on any atom is -0.458 e. The number of esters is 1. The summed E-state index contributed by atoms with van der Waals surface area (Å²) in [6, 6.07) is 0.390. The number of cyclic esters (lactones) is 1. The molecule has 0 aromatic carbocycles. The Morgan fingerprint density at radius 3 is 2.85 bits per heavy atom. The summed E-state index contributed by atoms with van der Waals surface area (Å²) in [4.78, 5) is 11.5. The molecule has 3 atom stereocenters. The van der Waals surface area contributed by atoms with Crippen molar-refractivity contribution in [1.29, 1.82) is 0 Å². The number of carbonyl (C=O) groups excluding carboxylic acids is 1. The molecule has 2 aliphatic rings. The molecule has 2 saturated heterocycles. The van der Waals surface area contributed by atoms with Crippen LogP contribution in [0.2, 0.25) is 0 Å². The van der Waals surface area contributed by atoms with Gasteiger partial charge in [0, 0.05) is 12.0 Å².